The number of hydrogen-bond acceptors (Lipinski definition) is 3. The summed E-state index contributed by atoms with van der Waals surface area (Å²) >= 11 is 0. The number of ether oxygens (including phenoxy) is 1. The first-order valence-electron chi connectivity index (χ1n) is 10.8. The molecule has 0 amide bonds. The molecular formula is C24H32FIN4O. The lowest BCUT2D eigenvalue weighted by Gasteiger charge is -2.26. The van der Waals surface area contributed by atoms with Gasteiger partial charge in [-0.05, 0) is 35.6 Å². The van der Waals surface area contributed by atoms with E-state index in [4.69, 9.17) is 4.74 Å². The Morgan fingerprint density at radius 2 is 1.81 bits per heavy atom. The Kier molecular flexibility index (Phi) is 8.68. The van der Waals surface area contributed by atoms with Crippen LogP contribution >= 0.6 is 24.0 Å². The van der Waals surface area contributed by atoms with Crippen LogP contribution < -0.4 is 10.6 Å². The maximum Gasteiger partial charge on any atom is 0.191 e. The van der Waals surface area contributed by atoms with Crippen molar-refractivity contribution in [3.63, 3.8) is 0 Å². The lowest BCUT2D eigenvalue weighted by Crippen LogP contribution is -2.41. The highest BCUT2D eigenvalue weighted by Gasteiger charge is 2.45. The third-order valence-electron chi connectivity index (χ3n) is 6.08. The fraction of sp³-hybridized carbons (Fsp3) is 0.458. The summed E-state index contributed by atoms with van der Waals surface area (Å²) in [5, 5.41) is 6.79. The number of hydrogen-bond donors (Lipinski definition) is 2. The molecule has 0 unspecified atom stereocenters. The first kappa shape index (κ1) is 23.9. The molecule has 1 heterocycles. The van der Waals surface area contributed by atoms with Crippen molar-refractivity contribution in [2.45, 2.75) is 31.3 Å². The number of nitrogens with one attached hydrogen (secondary N) is 2. The summed E-state index contributed by atoms with van der Waals surface area (Å²) in [6, 6.07) is 15.8. The molecule has 0 bridgehead atoms. The molecule has 2 aromatic rings. The van der Waals surface area contributed by atoms with Gasteiger partial charge < -0.3 is 15.4 Å². The number of halogens is 2. The topological polar surface area (TPSA) is 48.9 Å². The highest BCUT2D eigenvalue weighted by molar-refractivity contribution is 14.0. The van der Waals surface area contributed by atoms with E-state index in [9.17, 15) is 4.39 Å². The standard InChI is InChI=1S/C24H31FN4O.HI/c1-26-23(28-18-24(9-10-24)21-7-2-3-8-22(21)25)27-16-19-5-4-6-20(15-19)17-29-11-13-30-14-12-29;/h2-8,15H,9-14,16-18H2,1H3,(H2,26,27,28);1H. The molecule has 1 aliphatic carbocycles. The molecule has 2 fully saturated rings. The van der Waals surface area contributed by atoms with Crippen molar-refractivity contribution in [2.75, 3.05) is 39.9 Å². The van der Waals surface area contributed by atoms with Gasteiger partial charge in [-0.3, -0.25) is 9.89 Å². The fourth-order valence-electron chi connectivity index (χ4n) is 4.10. The predicted octanol–water partition coefficient (Wildman–Crippen LogP) is 3.67. The lowest BCUT2D eigenvalue weighted by molar-refractivity contribution is 0.0342. The van der Waals surface area contributed by atoms with Gasteiger partial charge in [-0.2, -0.15) is 0 Å². The molecule has 7 heteroatoms. The Balaban J connectivity index is 0.00000272. The molecule has 31 heavy (non-hydrogen) atoms. The summed E-state index contributed by atoms with van der Waals surface area (Å²) in [6.07, 6.45) is 2.00. The SMILES string of the molecule is CN=C(NCc1cccc(CN2CCOCC2)c1)NCC1(c2ccccc2F)CC1.I. The van der Waals surface area contributed by atoms with E-state index in [0.29, 0.717) is 13.1 Å². The molecule has 2 aromatic carbocycles. The largest absolute Gasteiger partial charge is 0.379 e. The average molecular weight is 538 g/mol. The summed E-state index contributed by atoms with van der Waals surface area (Å²) < 4.78 is 19.7. The maximum atomic E-state index is 14.2. The van der Waals surface area contributed by atoms with Crippen LogP contribution in [-0.2, 0) is 23.2 Å². The maximum absolute atomic E-state index is 14.2. The quantitative estimate of drug-likeness (QED) is 0.321. The number of nitrogens with zero attached hydrogens (tertiary/aromatic N) is 2. The van der Waals surface area contributed by atoms with E-state index in [1.54, 1.807) is 19.2 Å². The Labute approximate surface area is 201 Å². The second kappa shape index (κ2) is 11.2. The molecule has 0 radical (unpaired) electrons. The number of guanidine groups is 1. The number of benzene rings is 2. The molecule has 168 valence electrons. The Morgan fingerprint density at radius 1 is 1.06 bits per heavy atom. The highest BCUT2D eigenvalue weighted by Crippen LogP contribution is 2.48. The minimum absolute atomic E-state index is 0. The normalized spacial score (nSPS) is 18.2. The van der Waals surface area contributed by atoms with Gasteiger partial charge in [0, 0.05) is 45.2 Å². The molecule has 1 aliphatic heterocycles. The van der Waals surface area contributed by atoms with Gasteiger partial charge in [-0.25, -0.2) is 4.39 Å². The fourth-order valence-corrected chi connectivity index (χ4v) is 4.10. The molecule has 1 saturated heterocycles. The van der Waals surface area contributed by atoms with E-state index in [1.807, 2.05) is 12.1 Å². The first-order valence-corrected chi connectivity index (χ1v) is 10.8. The van der Waals surface area contributed by atoms with Crippen molar-refractivity contribution in [1.82, 2.24) is 15.5 Å². The van der Waals surface area contributed by atoms with Gasteiger partial charge in [0.2, 0.25) is 0 Å². The van der Waals surface area contributed by atoms with E-state index in [-0.39, 0.29) is 35.2 Å². The number of rotatable bonds is 7. The van der Waals surface area contributed by atoms with Crippen molar-refractivity contribution in [3.8, 4) is 0 Å². The summed E-state index contributed by atoms with van der Waals surface area (Å²) in [4.78, 5) is 6.77. The van der Waals surface area contributed by atoms with Gasteiger partial charge in [0.25, 0.3) is 0 Å². The van der Waals surface area contributed by atoms with E-state index < -0.39 is 0 Å². The summed E-state index contributed by atoms with van der Waals surface area (Å²) in [5.74, 6) is 0.632. The summed E-state index contributed by atoms with van der Waals surface area (Å²) in [5.41, 5.74) is 3.24. The molecule has 0 aromatic heterocycles. The van der Waals surface area contributed by atoms with Gasteiger partial charge in [0.1, 0.15) is 5.82 Å². The van der Waals surface area contributed by atoms with Crippen LogP contribution in [0.15, 0.2) is 53.5 Å². The highest BCUT2D eigenvalue weighted by atomic mass is 127. The smallest absolute Gasteiger partial charge is 0.191 e. The van der Waals surface area contributed by atoms with Crippen molar-refractivity contribution < 1.29 is 9.13 Å². The third kappa shape index (κ3) is 6.40. The van der Waals surface area contributed by atoms with Gasteiger partial charge in [0.15, 0.2) is 5.96 Å². The van der Waals surface area contributed by atoms with Gasteiger partial charge in [-0.15, -0.1) is 24.0 Å². The molecule has 0 spiro atoms. The number of morpholine rings is 1. The van der Waals surface area contributed by atoms with Crippen molar-refractivity contribution in [2.24, 2.45) is 4.99 Å². The Hall–Kier alpha value is -1.71. The molecule has 2 N–H and O–H groups in total. The first-order chi connectivity index (χ1) is 14.7. The molecule has 1 saturated carbocycles. The van der Waals surface area contributed by atoms with Crippen LogP contribution in [0.5, 0.6) is 0 Å². The van der Waals surface area contributed by atoms with Gasteiger partial charge in [-0.1, -0.05) is 42.5 Å². The van der Waals surface area contributed by atoms with Crippen molar-refractivity contribution in [1.29, 1.82) is 0 Å². The monoisotopic (exact) mass is 538 g/mol. The Bertz CT molecular complexity index is 881. The third-order valence-corrected chi connectivity index (χ3v) is 6.08. The zero-order valence-corrected chi connectivity index (χ0v) is 20.4. The van der Waals surface area contributed by atoms with E-state index in [2.05, 4.69) is 44.8 Å². The predicted molar refractivity (Wildman–Crippen MR) is 133 cm³/mol. The minimum atomic E-state index is -0.114. The molecular weight excluding hydrogens is 506 g/mol. The van der Waals surface area contributed by atoms with Crippen LogP contribution in [0.3, 0.4) is 0 Å². The van der Waals surface area contributed by atoms with Crippen molar-refractivity contribution in [3.05, 3.63) is 71.0 Å². The lowest BCUT2D eigenvalue weighted by atomic mass is 9.95. The molecule has 2 aliphatic rings. The van der Waals surface area contributed by atoms with Gasteiger partial charge in [0.05, 0.1) is 13.2 Å². The summed E-state index contributed by atoms with van der Waals surface area (Å²) in [7, 11) is 1.77. The Morgan fingerprint density at radius 3 is 2.52 bits per heavy atom. The van der Waals surface area contributed by atoms with Crippen LogP contribution in [0, 0.1) is 5.82 Å². The second-order valence-corrected chi connectivity index (χ2v) is 8.25. The molecule has 4 rings (SSSR count). The van der Waals surface area contributed by atoms with Crippen LogP contribution in [0.25, 0.3) is 0 Å². The van der Waals surface area contributed by atoms with E-state index in [0.717, 1.165) is 57.2 Å². The summed E-state index contributed by atoms with van der Waals surface area (Å²) in [6.45, 7) is 5.95. The molecule has 5 nitrogen and oxygen atoms in total. The minimum Gasteiger partial charge on any atom is -0.379 e. The van der Waals surface area contributed by atoms with Crippen LogP contribution in [0.4, 0.5) is 4.39 Å². The second-order valence-electron chi connectivity index (χ2n) is 8.25. The van der Waals surface area contributed by atoms with Crippen LogP contribution in [0.1, 0.15) is 29.5 Å². The average Bonchev–Trinajstić information content (AvgIpc) is 3.56. The van der Waals surface area contributed by atoms with E-state index >= 15 is 0 Å². The zero-order valence-electron chi connectivity index (χ0n) is 18.1. The van der Waals surface area contributed by atoms with E-state index in [1.165, 1.54) is 11.1 Å². The van der Waals surface area contributed by atoms with Crippen molar-refractivity contribution >= 4 is 29.9 Å². The van der Waals surface area contributed by atoms with Crippen LogP contribution in [0.2, 0.25) is 0 Å². The number of aliphatic imine (C=N–C) groups is 1. The van der Waals surface area contributed by atoms with Crippen LogP contribution in [-0.4, -0.2) is 50.8 Å². The zero-order chi connectivity index (χ0) is 20.8. The van der Waals surface area contributed by atoms with Gasteiger partial charge >= 0.3 is 0 Å². The molecule has 0 atom stereocenters.